The molecule has 0 saturated carbocycles. The number of pyridine rings is 1. The van der Waals surface area contributed by atoms with Crippen LogP contribution in [0.3, 0.4) is 0 Å². The van der Waals surface area contributed by atoms with E-state index in [1.165, 1.54) is 13.3 Å². The molecule has 0 aromatic carbocycles. The van der Waals surface area contributed by atoms with E-state index < -0.39 is 0 Å². The van der Waals surface area contributed by atoms with Crippen molar-refractivity contribution in [3.05, 3.63) is 23.9 Å². The van der Waals surface area contributed by atoms with Gasteiger partial charge in [-0.25, -0.2) is 9.78 Å². The minimum absolute atomic E-state index is 0.368. The van der Waals surface area contributed by atoms with Crippen LogP contribution in [0, 0.1) is 0 Å². The number of methoxy groups -OCH3 is 1. The summed E-state index contributed by atoms with van der Waals surface area (Å²) in [6.07, 6.45) is 2.56. The smallest absolute Gasteiger partial charge is 0.339 e. The molecule has 0 radical (unpaired) electrons. The molecule has 2 rings (SSSR count). The van der Waals surface area contributed by atoms with Crippen LogP contribution in [0.4, 0.5) is 5.82 Å². The van der Waals surface area contributed by atoms with Crippen LogP contribution in [0.2, 0.25) is 0 Å². The monoisotopic (exact) mass is 233 g/mol. The first-order valence-electron chi connectivity index (χ1n) is 5.55. The van der Waals surface area contributed by atoms with Crippen LogP contribution < -0.4 is 4.90 Å². The molecule has 0 aliphatic carbocycles. The quantitative estimate of drug-likeness (QED) is 0.726. The Balaban J connectivity index is 2.20. The normalized spacial score (nSPS) is 15.4. The fourth-order valence-corrected chi connectivity index (χ4v) is 1.78. The number of aromatic nitrogens is 1. The molecule has 0 atom stereocenters. The van der Waals surface area contributed by atoms with E-state index >= 15 is 0 Å². The number of carbonyl (C=O) groups is 1. The molecule has 1 aliphatic rings. The summed E-state index contributed by atoms with van der Waals surface area (Å²) in [6.45, 7) is 3.76. The Morgan fingerprint density at radius 3 is 2.88 bits per heavy atom. The standard InChI is InChI=1S/C12H15N3O2/c1-9-13-6-3-7-15(9)11-5-4-10(8-14-11)12(16)17-2/h4-5,8H,3,6-7H2,1-2H3. The van der Waals surface area contributed by atoms with Gasteiger partial charge in [0.25, 0.3) is 0 Å². The summed E-state index contributed by atoms with van der Waals surface area (Å²) < 4.78 is 4.63. The second-order valence-corrected chi connectivity index (χ2v) is 3.83. The number of amidine groups is 1. The molecule has 1 aromatic rings. The maximum Gasteiger partial charge on any atom is 0.339 e. The third kappa shape index (κ3) is 2.43. The lowest BCUT2D eigenvalue weighted by molar-refractivity contribution is 0.0600. The van der Waals surface area contributed by atoms with E-state index in [9.17, 15) is 4.79 Å². The Labute approximate surface area is 100 Å². The van der Waals surface area contributed by atoms with Gasteiger partial charge in [-0.15, -0.1) is 0 Å². The molecule has 90 valence electrons. The van der Waals surface area contributed by atoms with Crippen molar-refractivity contribution in [2.24, 2.45) is 4.99 Å². The Morgan fingerprint density at radius 1 is 1.47 bits per heavy atom. The predicted octanol–water partition coefficient (Wildman–Crippen LogP) is 1.50. The molecule has 5 nitrogen and oxygen atoms in total. The number of hydrogen-bond donors (Lipinski definition) is 0. The zero-order chi connectivity index (χ0) is 12.3. The third-order valence-electron chi connectivity index (χ3n) is 2.72. The van der Waals surface area contributed by atoms with Crippen LogP contribution in [0.1, 0.15) is 23.7 Å². The van der Waals surface area contributed by atoms with E-state index in [1.54, 1.807) is 6.07 Å². The van der Waals surface area contributed by atoms with Crippen molar-refractivity contribution in [2.45, 2.75) is 13.3 Å². The summed E-state index contributed by atoms with van der Waals surface area (Å²) in [6, 6.07) is 3.53. The average molecular weight is 233 g/mol. The minimum atomic E-state index is -0.368. The molecule has 0 spiro atoms. The first-order valence-corrected chi connectivity index (χ1v) is 5.55. The van der Waals surface area contributed by atoms with Gasteiger partial charge in [-0.3, -0.25) is 4.99 Å². The van der Waals surface area contributed by atoms with Crippen LogP contribution in [0.15, 0.2) is 23.3 Å². The Morgan fingerprint density at radius 2 is 2.29 bits per heavy atom. The second kappa shape index (κ2) is 4.95. The first-order chi connectivity index (χ1) is 8.22. The van der Waals surface area contributed by atoms with Gasteiger partial charge < -0.3 is 9.64 Å². The van der Waals surface area contributed by atoms with Gasteiger partial charge in [0, 0.05) is 19.3 Å². The first kappa shape index (κ1) is 11.6. The number of aliphatic imine (C=N–C) groups is 1. The topological polar surface area (TPSA) is 54.8 Å². The van der Waals surface area contributed by atoms with Crippen molar-refractivity contribution in [1.29, 1.82) is 0 Å². The van der Waals surface area contributed by atoms with Crippen LogP contribution >= 0.6 is 0 Å². The van der Waals surface area contributed by atoms with Crippen molar-refractivity contribution in [2.75, 3.05) is 25.1 Å². The highest BCUT2D eigenvalue weighted by molar-refractivity contribution is 5.96. The van der Waals surface area contributed by atoms with Crippen molar-refractivity contribution in [1.82, 2.24) is 4.98 Å². The molecule has 1 aliphatic heterocycles. The number of ether oxygens (including phenoxy) is 1. The summed E-state index contributed by atoms with van der Waals surface area (Å²) in [5.41, 5.74) is 0.461. The van der Waals surface area contributed by atoms with Gasteiger partial charge >= 0.3 is 5.97 Å². The van der Waals surface area contributed by atoms with Crippen LogP contribution in [-0.4, -0.2) is 37.0 Å². The van der Waals surface area contributed by atoms with E-state index in [2.05, 4.69) is 14.7 Å². The van der Waals surface area contributed by atoms with Gasteiger partial charge in [0.15, 0.2) is 0 Å². The molecule has 0 bridgehead atoms. The molecule has 0 saturated heterocycles. The summed E-state index contributed by atoms with van der Waals surface area (Å²) in [5, 5.41) is 0. The SMILES string of the molecule is COC(=O)c1ccc(N2CCCN=C2C)nc1. The van der Waals surface area contributed by atoms with Gasteiger partial charge in [-0.1, -0.05) is 0 Å². The summed E-state index contributed by atoms with van der Waals surface area (Å²) in [5.74, 6) is 1.42. The van der Waals surface area contributed by atoms with Crippen LogP contribution in [0.5, 0.6) is 0 Å². The van der Waals surface area contributed by atoms with Crippen molar-refractivity contribution in [3.63, 3.8) is 0 Å². The number of esters is 1. The molecule has 1 aromatic heterocycles. The molecule has 5 heteroatoms. The van der Waals surface area contributed by atoms with E-state index in [1.807, 2.05) is 17.9 Å². The highest BCUT2D eigenvalue weighted by Crippen LogP contribution is 2.15. The largest absolute Gasteiger partial charge is 0.465 e. The van der Waals surface area contributed by atoms with Gasteiger partial charge in [-0.05, 0) is 25.5 Å². The fourth-order valence-electron chi connectivity index (χ4n) is 1.78. The molecule has 0 amide bonds. The Bertz CT molecular complexity index is 440. The molecule has 0 N–H and O–H groups in total. The average Bonchev–Trinajstić information content (AvgIpc) is 2.39. The maximum absolute atomic E-state index is 11.3. The van der Waals surface area contributed by atoms with Crippen LogP contribution in [0.25, 0.3) is 0 Å². The number of rotatable bonds is 2. The molecule has 0 unspecified atom stereocenters. The number of anilines is 1. The summed E-state index contributed by atoms with van der Waals surface area (Å²) in [4.78, 5) is 22.0. The zero-order valence-electron chi connectivity index (χ0n) is 10.0. The van der Waals surface area contributed by atoms with E-state index in [-0.39, 0.29) is 5.97 Å². The zero-order valence-corrected chi connectivity index (χ0v) is 10.0. The van der Waals surface area contributed by atoms with Crippen molar-refractivity contribution in [3.8, 4) is 0 Å². The van der Waals surface area contributed by atoms with Crippen molar-refractivity contribution >= 4 is 17.6 Å². The minimum Gasteiger partial charge on any atom is -0.465 e. The maximum atomic E-state index is 11.3. The Hall–Kier alpha value is -1.91. The van der Waals surface area contributed by atoms with E-state index in [0.717, 1.165) is 31.2 Å². The molecule has 2 heterocycles. The lowest BCUT2D eigenvalue weighted by Crippen LogP contribution is -2.34. The van der Waals surface area contributed by atoms with Gasteiger partial charge in [0.1, 0.15) is 11.7 Å². The number of hydrogen-bond acceptors (Lipinski definition) is 5. The fraction of sp³-hybridized carbons (Fsp3) is 0.417. The van der Waals surface area contributed by atoms with Gasteiger partial charge in [0.2, 0.25) is 0 Å². The molecular formula is C12H15N3O2. The highest BCUT2D eigenvalue weighted by atomic mass is 16.5. The van der Waals surface area contributed by atoms with Crippen LogP contribution in [-0.2, 0) is 4.74 Å². The summed E-state index contributed by atoms with van der Waals surface area (Å²) in [7, 11) is 1.36. The highest BCUT2D eigenvalue weighted by Gasteiger charge is 2.15. The van der Waals surface area contributed by atoms with E-state index in [4.69, 9.17) is 0 Å². The van der Waals surface area contributed by atoms with Gasteiger partial charge in [-0.2, -0.15) is 0 Å². The van der Waals surface area contributed by atoms with Gasteiger partial charge in [0.05, 0.1) is 12.7 Å². The molecule has 0 fully saturated rings. The summed E-state index contributed by atoms with van der Waals surface area (Å²) >= 11 is 0. The Kier molecular flexibility index (Phi) is 3.37. The predicted molar refractivity (Wildman–Crippen MR) is 65.5 cm³/mol. The second-order valence-electron chi connectivity index (χ2n) is 3.83. The molecule has 17 heavy (non-hydrogen) atoms. The third-order valence-corrected chi connectivity index (χ3v) is 2.72. The van der Waals surface area contributed by atoms with E-state index in [0.29, 0.717) is 5.56 Å². The number of carbonyl (C=O) groups excluding carboxylic acids is 1. The van der Waals surface area contributed by atoms with Crippen molar-refractivity contribution < 1.29 is 9.53 Å². The lowest BCUT2D eigenvalue weighted by Gasteiger charge is -2.26. The number of nitrogens with zero attached hydrogens (tertiary/aromatic N) is 3. The lowest BCUT2D eigenvalue weighted by atomic mass is 10.2. The molecular weight excluding hydrogens is 218 g/mol.